The highest BCUT2D eigenvalue weighted by molar-refractivity contribution is 7.90. The number of aromatic nitrogens is 2. The van der Waals surface area contributed by atoms with Crippen LogP contribution in [0.5, 0.6) is 0 Å². The van der Waals surface area contributed by atoms with E-state index in [0.29, 0.717) is 24.5 Å². The van der Waals surface area contributed by atoms with Crippen LogP contribution in [-0.2, 0) is 16.0 Å². The van der Waals surface area contributed by atoms with Crippen LogP contribution in [0, 0.1) is 23.0 Å². The van der Waals surface area contributed by atoms with Crippen LogP contribution in [0.25, 0.3) is 16.9 Å². The summed E-state index contributed by atoms with van der Waals surface area (Å²) in [5.74, 6) is -2.56. The number of nitrogens with zero attached hydrogens (tertiary/aromatic N) is 3. The second-order valence-electron chi connectivity index (χ2n) is 6.02. The molecule has 0 N–H and O–H groups in total. The van der Waals surface area contributed by atoms with Crippen LogP contribution in [0.15, 0.2) is 47.4 Å². The number of sulfone groups is 1. The van der Waals surface area contributed by atoms with Gasteiger partial charge < -0.3 is 0 Å². The molecule has 11 heteroatoms. The van der Waals surface area contributed by atoms with Gasteiger partial charge in [-0.05, 0) is 42.5 Å². The molecule has 29 heavy (non-hydrogen) atoms. The fourth-order valence-corrected chi connectivity index (χ4v) is 3.33. The lowest BCUT2D eigenvalue weighted by Crippen LogP contribution is -2.07. The summed E-state index contributed by atoms with van der Waals surface area (Å²) in [5, 5.41) is 12.3. The summed E-state index contributed by atoms with van der Waals surface area (Å²) in [4.78, 5) is -0.917. The Balaban J connectivity index is 2.27. The summed E-state index contributed by atoms with van der Waals surface area (Å²) < 4.78 is 92.1. The molecule has 2 aromatic carbocycles. The topological polar surface area (TPSA) is 75.8 Å². The monoisotopic (exact) mass is 427 g/mol. The van der Waals surface area contributed by atoms with Crippen molar-refractivity contribution in [1.82, 2.24) is 9.78 Å². The van der Waals surface area contributed by atoms with Gasteiger partial charge in [-0.2, -0.15) is 23.5 Å². The van der Waals surface area contributed by atoms with Crippen molar-refractivity contribution in [2.75, 3.05) is 6.26 Å². The van der Waals surface area contributed by atoms with Crippen molar-refractivity contribution in [2.24, 2.45) is 0 Å². The summed E-state index contributed by atoms with van der Waals surface area (Å²) in [5.41, 5.74) is -2.13. The molecule has 0 unspecified atom stereocenters. The third-order valence-corrected chi connectivity index (χ3v) is 5.05. The van der Waals surface area contributed by atoms with Crippen LogP contribution >= 0.6 is 0 Å². The molecule has 3 rings (SSSR count). The molecule has 0 atom stereocenters. The van der Waals surface area contributed by atoms with E-state index in [1.807, 2.05) is 6.07 Å². The average Bonchev–Trinajstić information content (AvgIpc) is 3.08. The number of hydrogen-bond donors (Lipinski definition) is 0. The second-order valence-corrected chi connectivity index (χ2v) is 8.00. The molecule has 0 spiro atoms. The zero-order valence-corrected chi connectivity index (χ0v) is 15.3. The van der Waals surface area contributed by atoms with Gasteiger partial charge in [-0.3, -0.25) is 0 Å². The van der Waals surface area contributed by atoms with Crippen molar-refractivity contribution in [2.45, 2.75) is 11.1 Å². The quantitative estimate of drug-likeness (QED) is 0.590. The van der Waals surface area contributed by atoms with Gasteiger partial charge in [0.25, 0.3) is 0 Å². The molecule has 1 aromatic heterocycles. The van der Waals surface area contributed by atoms with E-state index in [1.54, 1.807) is 0 Å². The van der Waals surface area contributed by atoms with Gasteiger partial charge in [-0.25, -0.2) is 21.9 Å². The Labute approximate surface area is 161 Å². The Morgan fingerprint density at radius 3 is 2.17 bits per heavy atom. The number of rotatable bonds is 3. The lowest BCUT2D eigenvalue weighted by Gasteiger charge is -2.10. The molecular weight excluding hydrogens is 417 g/mol. The zero-order chi connectivity index (χ0) is 21.6. The van der Waals surface area contributed by atoms with E-state index in [-0.39, 0.29) is 11.3 Å². The van der Waals surface area contributed by atoms with Gasteiger partial charge in [0.1, 0.15) is 16.5 Å². The van der Waals surface area contributed by atoms with Crippen molar-refractivity contribution < 1.29 is 30.4 Å². The highest BCUT2D eigenvalue weighted by atomic mass is 32.2. The van der Waals surface area contributed by atoms with Crippen LogP contribution in [0.3, 0.4) is 0 Å². The number of alkyl halides is 3. The van der Waals surface area contributed by atoms with Crippen LogP contribution in [0.1, 0.15) is 11.3 Å². The molecule has 0 fully saturated rings. The second kappa shape index (κ2) is 6.97. The highest BCUT2D eigenvalue weighted by Crippen LogP contribution is 2.35. The molecule has 0 radical (unpaired) electrons. The first-order valence-corrected chi connectivity index (χ1v) is 9.68. The van der Waals surface area contributed by atoms with Crippen molar-refractivity contribution in [3.05, 3.63) is 65.4 Å². The molecule has 0 amide bonds. The van der Waals surface area contributed by atoms with Crippen LogP contribution in [0.4, 0.5) is 22.0 Å². The van der Waals surface area contributed by atoms with Gasteiger partial charge in [0, 0.05) is 11.8 Å². The Bertz CT molecular complexity index is 1240. The minimum atomic E-state index is -4.87. The first-order chi connectivity index (χ1) is 13.4. The van der Waals surface area contributed by atoms with Gasteiger partial charge >= 0.3 is 6.18 Å². The molecule has 0 saturated carbocycles. The molecule has 150 valence electrons. The maximum Gasteiger partial charge on any atom is 0.435 e. The van der Waals surface area contributed by atoms with Gasteiger partial charge in [0.05, 0.1) is 23.0 Å². The summed E-state index contributed by atoms with van der Waals surface area (Å²) in [6.45, 7) is 0. The Hall–Kier alpha value is -3.26. The molecule has 5 nitrogen and oxygen atoms in total. The number of hydrogen-bond acceptors (Lipinski definition) is 4. The summed E-state index contributed by atoms with van der Waals surface area (Å²) in [7, 11) is -4.09. The maximum absolute atomic E-state index is 14.6. The summed E-state index contributed by atoms with van der Waals surface area (Å²) in [6.07, 6.45) is -4.19. The first-order valence-electron chi connectivity index (χ1n) is 7.79. The summed E-state index contributed by atoms with van der Waals surface area (Å²) >= 11 is 0. The van der Waals surface area contributed by atoms with Crippen molar-refractivity contribution >= 4 is 9.84 Å². The van der Waals surface area contributed by atoms with E-state index in [2.05, 4.69) is 5.10 Å². The van der Waals surface area contributed by atoms with E-state index in [1.165, 1.54) is 24.3 Å². The normalized spacial score (nSPS) is 12.0. The van der Waals surface area contributed by atoms with Crippen LogP contribution in [0.2, 0.25) is 0 Å². The zero-order valence-electron chi connectivity index (χ0n) is 14.5. The van der Waals surface area contributed by atoms with Crippen molar-refractivity contribution in [1.29, 1.82) is 5.26 Å². The van der Waals surface area contributed by atoms with Gasteiger partial charge in [0.15, 0.2) is 15.5 Å². The molecule has 1 heterocycles. The number of nitriles is 1. The molecule has 0 aliphatic rings. The molecular formula is C18H10F5N3O2S. The Morgan fingerprint density at radius 2 is 1.66 bits per heavy atom. The number of halogens is 5. The minimum Gasteiger partial charge on any atom is -0.232 e. The van der Waals surface area contributed by atoms with E-state index in [9.17, 15) is 30.4 Å². The maximum atomic E-state index is 14.6. The van der Waals surface area contributed by atoms with Gasteiger partial charge in [0.2, 0.25) is 0 Å². The SMILES string of the molecule is CS(=O)(=O)c1cc(F)c(-c2cc(C(F)(F)F)nn2-c2ccc(C#N)cc2)cc1F. The molecule has 0 aliphatic carbocycles. The highest BCUT2D eigenvalue weighted by Gasteiger charge is 2.36. The molecule has 3 aromatic rings. The van der Waals surface area contributed by atoms with Crippen molar-refractivity contribution in [3.8, 4) is 23.0 Å². The van der Waals surface area contributed by atoms with E-state index < -0.39 is 49.5 Å². The smallest absolute Gasteiger partial charge is 0.232 e. The Morgan fingerprint density at radius 1 is 1.03 bits per heavy atom. The predicted molar refractivity (Wildman–Crippen MR) is 91.7 cm³/mol. The molecule has 0 aliphatic heterocycles. The standard InChI is InChI=1S/C18H10F5N3O2S/c1-29(27,28)16-7-13(19)12(6-14(16)20)15-8-17(18(21,22)23)25-26(15)11-4-2-10(9-24)3-5-11/h2-8H,1H3. The molecule has 0 saturated heterocycles. The van der Waals surface area contributed by atoms with E-state index in [0.717, 1.165) is 4.68 Å². The average molecular weight is 427 g/mol. The van der Waals surface area contributed by atoms with Gasteiger partial charge in [-0.1, -0.05) is 0 Å². The third kappa shape index (κ3) is 3.97. The fraction of sp³-hybridized carbons (Fsp3) is 0.111. The first kappa shape index (κ1) is 20.5. The van der Waals surface area contributed by atoms with Crippen LogP contribution in [-0.4, -0.2) is 24.5 Å². The van der Waals surface area contributed by atoms with Crippen molar-refractivity contribution in [3.63, 3.8) is 0 Å². The summed E-state index contributed by atoms with van der Waals surface area (Å²) in [6, 6.07) is 8.48. The largest absolute Gasteiger partial charge is 0.435 e. The molecule has 0 bridgehead atoms. The van der Waals surface area contributed by atoms with E-state index >= 15 is 0 Å². The van der Waals surface area contributed by atoms with E-state index in [4.69, 9.17) is 5.26 Å². The Kier molecular flexibility index (Phi) is 4.92. The predicted octanol–water partition coefficient (Wildman–Crippen LogP) is 4.11. The lowest BCUT2D eigenvalue weighted by molar-refractivity contribution is -0.141. The minimum absolute atomic E-state index is 0.0569. The fourth-order valence-electron chi connectivity index (χ4n) is 2.59. The van der Waals surface area contributed by atoms with Crippen LogP contribution < -0.4 is 0 Å². The third-order valence-electron chi connectivity index (χ3n) is 3.94. The van der Waals surface area contributed by atoms with Gasteiger partial charge in [-0.15, -0.1) is 0 Å². The lowest BCUT2D eigenvalue weighted by atomic mass is 10.1. The number of benzene rings is 2.